The molecule has 0 aliphatic rings. The first-order valence-electron chi connectivity index (χ1n) is 4.97. The summed E-state index contributed by atoms with van der Waals surface area (Å²) in [7, 11) is 0.807. The molecule has 0 amide bonds. The zero-order chi connectivity index (χ0) is 11.3. The SMILES string of the molecule is CN(SC#C[Si](C)(C)C)c1ccccc1. The highest BCUT2D eigenvalue weighted by molar-refractivity contribution is 8.05. The maximum absolute atomic E-state index is 3.33. The van der Waals surface area contributed by atoms with Crippen LogP contribution in [0.25, 0.3) is 0 Å². The summed E-state index contributed by atoms with van der Waals surface area (Å²) in [6.07, 6.45) is 0. The van der Waals surface area contributed by atoms with Crippen molar-refractivity contribution in [3.05, 3.63) is 30.3 Å². The van der Waals surface area contributed by atoms with Crippen LogP contribution < -0.4 is 4.31 Å². The molecule has 0 unspecified atom stereocenters. The van der Waals surface area contributed by atoms with Crippen LogP contribution in [0.2, 0.25) is 19.6 Å². The van der Waals surface area contributed by atoms with Crippen molar-refractivity contribution in [2.75, 3.05) is 11.4 Å². The summed E-state index contributed by atoms with van der Waals surface area (Å²) in [6.45, 7) is 6.76. The van der Waals surface area contributed by atoms with Gasteiger partial charge in [-0.05, 0) is 17.4 Å². The summed E-state index contributed by atoms with van der Waals surface area (Å²) in [5.41, 5.74) is 4.52. The van der Waals surface area contributed by atoms with E-state index in [9.17, 15) is 0 Å². The molecule has 0 N–H and O–H groups in total. The van der Waals surface area contributed by atoms with E-state index >= 15 is 0 Å². The highest BCUT2D eigenvalue weighted by Gasteiger charge is 2.07. The van der Waals surface area contributed by atoms with E-state index in [2.05, 4.69) is 46.9 Å². The highest BCUT2D eigenvalue weighted by Crippen LogP contribution is 2.18. The van der Waals surface area contributed by atoms with Crippen LogP contribution in [-0.4, -0.2) is 15.1 Å². The Hall–Kier alpha value is -0.853. The fraction of sp³-hybridized carbons (Fsp3) is 0.333. The average Bonchev–Trinajstić information content (AvgIpc) is 2.17. The van der Waals surface area contributed by atoms with Gasteiger partial charge < -0.3 is 4.31 Å². The molecule has 0 saturated carbocycles. The van der Waals surface area contributed by atoms with E-state index in [1.165, 1.54) is 5.69 Å². The van der Waals surface area contributed by atoms with Crippen molar-refractivity contribution in [1.82, 2.24) is 0 Å². The molecule has 3 heteroatoms. The summed E-state index contributed by atoms with van der Waals surface area (Å²) in [5.74, 6) is 0. The third-order valence-electron chi connectivity index (χ3n) is 1.73. The van der Waals surface area contributed by atoms with Gasteiger partial charge in [-0.15, -0.1) is 5.54 Å². The minimum atomic E-state index is -1.23. The molecule has 0 aliphatic heterocycles. The summed E-state index contributed by atoms with van der Waals surface area (Å²) >= 11 is 1.56. The van der Waals surface area contributed by atoms with Crippen LogP contribution >= 0.6 is 11.9 Å². The van der Waals surface area contributed by atoms with Crippen molar-refractivity contribution in [2.24, 2.45) is 0 Å². The standard InChI is InChI=1S/C12H17NSSi/c1-13(12-8-6-5-7-9-12)14-10-11-15(2,3)4/h5-9H,1-4H3. The molecule has 0 heterocycles. The van der Waals surface area contributed by atoms with Crippen LogP contribution in [0.5, 0.6) is 0 Å². The van der Waals surface area contributed by atoms with Gasteiger partial charge in [0.15, 0.2) is 0 Å². The summed E-state index contributed by atoms with van der Waals surface area (Å²) < 4.78 is 2.09. The zero-order valence-electron chi connectivity index (χ0n) is 9.74. The number of hydrogen-bond acceptors (Lipinski definition) is 2. The third-order valence-corrected chi connectivity index (χ3v) is 3.46. The summed E-state index contributed by atoms with van der Waals surface area (Å²) in [4.78, 5) is 0. The van der Waals surface area contributed by atoms with Gasteiger partial charge in [-0.25, -0.2) is 0 Å². The largest absolute Gasteiger partial charge is 0.309 e. The fourth-order valence-electron chi connectivity index (χ4n) is 0.935. The smallest absolute Gasteiger partial charge is 0.130 e. The molecular weight excluding hydrogens is 218 g/mol. The van der Waals surface area contributed by atoms with E-state index in [4.69, 9.17) is 0 Å². The van der Waals surface area contributed by atoms with E-state index < -0.39 is 8.07 Å². The zero-order valence-corrected chi connectivity index (χ0v) is 11.6. The van der Waals surface area contributed by atoms with E-state index in [1.807, 2.05) is 25.2 Å². The first-order valence-corrected chi connectivity index (χ1v) is 9.24. The molecule has 0 atom stereocenters. The molecule has 0 bridgehead atoms. The average molecular weight is 235 g/mol. The van der Waals surface area contributed by atoms with E-state index in [0.717, 1.165) is 0 Å². The molecule has 1 aromatic rings. The van der Waals surface area contributed by atoms with Gasteiger partial charge in [0.25, 0.3) is 0 Å². The number of benzene rings is 1. The molecule has 1 rings (SSSR count). The summed E-state index contributed by atoms with van der Waals surface area (Å²) in [5, 5.41) is 3.18. The molecule has 1 aromatic carbocycles. The van der Waals surface area contributed by atoms with Crippen LogP contribution in [0, 0.1) is 10.8 Å². The number of para-hydroxylation sites is 1. The lowest BCUT2D eigenvalue weighted by Crippen LogP contribution is -2.16. The quantitative estimate of drug-likeness (QED) is 0.438. The fourth-order valence-corrected chi connectivity index (χ4v) is 2.71. The summed E-state index contributed by atoms with van der Waals surface area (Å²) in [6, 6.07) is 10.3. The lowest BCUT2D eigenvalue weighted by Gasteiger charge is -2.13. The Morgan fingerprint density at radius 3 is 2.27 bits per heavy atom. The van der Waals surface area contributed by atoms with E-state index in [0.29, 0.717) is 0 Å². The number of rotatable bonds is 2. The van der Waals surface area contributed by atoms with Gasteiger partial charge in [0.1, 0.15) is 8.07 Å². The van der Waals surface area contributed by atoms with Crippen molar-refractivity contribution in [2.45, 2.75) is 19.6 Å². The van der Waals surface area contributed by atoms with E-state index in [1.54, 1.807) is 11.9 Å². The van der Waals surface area contributed by atoms with E-state index in [-0.39, 0.29) is 0 Å². The molecule has 0 saturated heterocycles. The first kappa shape index (κ1) is 12.2. The van der Waals surface area contributed by atoms with Gasteiger partial charge in [0.2, 0.25) is 0 Å². The Morgan fingerprint density at radius 2 is 1.73 bits per heavy atom. The van der Waals surface area contributed by atoms with Gasteiger partial charge in [0, 0.05) is 24.7 Å². The Morgan fingerprint density at radius 1 is 1.13 bits per heavy atom. The molecule has 0 aromatic heterocycles. The molecule has 0 spiro atoms. The molecule has 80 valence electrons. The predicted molar refractivity (Wildman–Crippen MR) is 73.6 cm³/mol. The predicted octanol–water partition coefficient (Wildman–Crippen LogP) is 3.61. The molecule has 15 heavy (non-hydrogen) atoms. The van der Waals surface area contributed by atoms with Gasteiger partial charge >= 0.3 is 0 Å². The lowest BCUT2D eigenvalue weighted by molar-refractivity contribution is 1.37. The van der Waals surface area contributed by atoms with Gasteiger partial charge in [-0.2, -0.15) is 0 Å². The van der Waals surface area contributed by atoms with Crippen LogP contribution in [0.1, 0.15) is 0 Å². The van der Waals surface area contributed by atoms with Crippen LogP contribution in [0.3, 0.4) is 0 Å². The number of hydrogen-bond donors (Lipinski definition) is 0. The second-order valence-electron chi connectivity index (χ2n) is 4.40. The number of anilines is 1. The molecule has 0 aliphatic carbocycles. The normalized spacial score (nSPS) is 10.4. The maximum atomic E-state index is 3.33. The maximum Gasteiger partial charge on any atom is 0.130 e. The van der Waals surface area contributed by atoms with Gasteiger partial charge in [-0.3, -0.25) is 0 Å². The van der Waals surface area contributed by atoms with Crippen molar-refractivity contribution >= 4 is 25.7 Å². The van der Waals surface area contributed by atoms with Gasteiger partial charge in [-0.1, -0.05) is 37.8 Å². The highest BCUT2D eigenvalue weighted by atomic mass is 32.2. The third kappa shape index (κ3) is 4.96. The minimum absolute atomic E-state index is 1.19. The van der Waals surface area contributed by atoms with Crippen LogP contribution in [-0.2, 0) is 0 Å². The monoisotopic (exact) mass is 235 g/mol. The first-order chi connectivity index (χ1) is 6.99. The van der Waals surface area contributed by atoms with Crippen LogP contribution in [0.15, 0.2) is 30.3 Å². The topological polar surface area (TPSA) is 3.24 Å². The Balaban J connectivity index is 2.57. The lowest BCUT2D eigenvalue weighted by atomic mass is 10.3. The van der Waals surface area contributed by atoms with Crippen molar-refractivity contribution < 1.29 is 0 Å². The second-order valence-corrected chi connectivity index (χ2v) is 10.1. The number of nitrogens with zero attached hydrogens (tertiary/aromatic N) is 1. The second kappa shape index (κ2) is 5.29. The van der Waals surface area contributed by atoms with Crippen molar-refractivity contribution in [1.29, 1.82) is 0 Å². The van der Waals surface area contributed by atoms with Gasteiger partial charge in [0.05, 0.1) is 0 Å². The molecular formula is C12H17NSSi. The van der Waals surface area contributed by atoms with Crippen molar-refractivity contribution in [3.8, 4) is 10.8 Å². The Labute approximate surface area is 98.0 Å². The minimum Gasteiger partial charge on any atom is -0.309 e. The molecule has 0 fully saturated rings. The molecule has 0 radical (unpaired) electrons. The Kier molecular flexibility index (Phi) is 4.31. The van der Waals surface area contributed by atoms with Crippen molar-refractivity contribution in [3.63, 3.8) is 0 Å². The van der Waals surface area contributed by atoms with Crippen LogP contribution in [0.4, 0.5) is 5.69 Å². The Bertz CT molecular complexity index is 359. The molecule has 1 nitrogen and oxygen atoms in total.